The molecule has 1 atom stereocenters. The topological polar surface area (TPSA) is 17.1 Å². The lowest BCUT2D eigenvalue weighted by Crippen LogP contribution is -2.32. The van der Waals surface area contributed by atoms with Crippen LogP contribution in [0.4, 0.5) is 0 Å². The lowest BCUT2D eigenvalue weighted by Gasteiger charge is -2.30. The maximum Gasteiger partial charge on any atom is 0.141 e. The highest BCUT2D eigenvalue weighted by molar-refractivity contribution is 5.86. The molecule has 0 radical (unpaired) electrons. The van der Waals surface area contributed by atoms with E-state index in [-0.39, 0.29) is 16.7 Å². The van der Waals surface area contributed by atoms with Gasteiger partial charge in [-0.05, 0) is 23.8 Å². The first kappa shape index (κ1) is 14.3. The SMILES string of the molecule is [2H]c1ccccc1C[C@H](CC(C)(C)C)C(=O)C(C)(C)C. The van der Waals surface area contributed by atoms with Gasteiger partial charge in [0.2, 0.25) is 0 Å². The second-order valence-electron chi connectivity index (χ2n) is 7.67. The van der Waals surface area contributed by atoms with E-state index in [1.54, 1.807) is 6.07 Å². The van der Waals surface area contributed by atoms with E-state index in [0.717, 1.165) is 12.0 Å². The number of Topliss-reactive ketones (excluding diaryl/α,β-unsaturated/α-hetero) is 1. The maximum absolute atomic E-state index is 12.7. The summed E-state index contributed by atoms with van der Waals surface area (Å²) in [6.45, 7) is 12.5. The normalized spacial score (nSPS) is 14.9. The number of carbonyl (C=O) groups is 1. The van der Waals surface area contributed by atoms with Crippen molar-refractivity contribution >= 4 is 5.78 Å². The van der Waals surface area contributed by atoms with Gasteiger partial charge in [-0.1, -0.05) is 71.9 Å². The van der Waals surface area contributed by atoms with Crippen LogP contribution in [0.25, 0.3) is 0 Å². The Hall–Kier alpha value is -1.11. The molecule has 0 bridgehead atoms. The molecule has 1 nitrogen and oxygen atoms in total. The molecule has 0 aromatic heterocycles. The van der Waals surface area contributed by atoms with Crippen LogP contribution in [0.15, 0.2) is 30.3 Å². The summed E-state index contributed by atoms with van der Waals surface area (Å²) in [6, 6.07) is 8.12. The summed E-state index contributed by atoms with van der Waals surface area (Å²) >= 11 is 0. The van der Waals surface area contributed by atoms with Gasteiger partial charge in [0.05, 0.1) is 1.37 Å². The molecule has 1 aromatic carbocycles. The third-order valence-corrected chi connectivity index (χ3v) is 3.21. The monoisotopic (exact) mass is 261 g/mol. The van der Waals surface area contributed by atoms with Gasteiger partial charge in [-0.2, -0.15) is 0 Å². The fraction of sp³-hybridized carbons (Fsp3) is 0.611. The van der Waals surface area contributed by atoms with Crippen molar-refractivity contribution < 1.29 is 6.17 Å². The standard InChI is InChI=1S/C18H28O/c1-17(2,3)13-15(16(19)18(4,5)6)12-14-10-8-7-9-11-14/h7-11,15H,12-13H2,1-6H3/t15-/m1/s1/i10D. The van der Waals surface area contributed by atoms with E-state index in [1.165, 1.54) is 0 Å². The minimum atomic E-state index is -0.327. The van der Waals surface area contributed by atoms with Gasteiger partial charge >= 0.3 is 0 Å². The van der Waals surface area contributed by atoms with E-state index in [2.05, 4.69) is 20.8 Å². The third-order valence-electron chi connectivity index (χ3n) is 3.21. The van der Waals surface area contributed by atoms with Crippen molar-refractivity contribution in [1.29, 1.82) is 0 Å². The number of carbonyl (C=O) groups excluding carboxylic acids is 1. The van der Waals surface area contributed by atoms with Crippen LogP contribution in [0.5, 0.6) is 0 Å². The maximum atomic E-state index is 12.7. The van der Waals surface area contributed by atoms with E-state index < -0.39 is 0 Å². The zero-order valence-corrected chi connectivity index (χ0v) is 13.2. The van der Waals surface area contributed by atoms with Gasteiger partial charge in [-0.25, -0.2) is 0 Å². The Bertz CT molecular complexity index is 463. The molecular weight excluding hydrogens is 232 g/mol. The molecule has 0 unspecified atom stereocenters. The molecule has 0 aliphatic heterocycles. The van der Waals surface area contributed by atoms with E-state index in [9.17, 15) is 4.79 Å². The minimum Gasteiger partial charge on any atom is -0.299 e. The average Bonchev–Trinajstić information content (AvgIpc) is 2.27. The van der Waals surface area contributed by atoms with Crippen LogP contribution < -0.4 is 0 Å². The van der Waals surface area contributed by atoms with Crippen molar-refractivity contribution in [2.45, 2.75) is 54.4 Å². The summed E-state index contributed by atoms with van der Waals surface area (Å²) in [6.07, 6.45) is 1.53. The predicted molar refractivity (Wildman–Crippen MR) is 82.2 cm³/mol. The van der Waals surface area contributed by atoms with Crippen LogP contribution in [-0.2, 0) is 11.2 Å². The smallest absolute Gasteiger partial charge is 0.141 e. The highest BCUT2D eigenvalue weighted by Gasteiger charge is 2.32. The van der Waals surface area contributed by atoms with Crippen molar-refractivity contribution in [2.75, 3.05) is 0 Å². The van der Waals surface area contributed by atoms with Crippen LogP contribution in [-0.4, -0.2) is 5.78 Å². The van der Waals surface area contributed by atoms with Crippen molar-refractivity contribution in [3.8, 4) is 0 Å². The second kappa shape index (κ2) is 5.90. The first-order valence-corrected chi connectivity index (χ1v) is 7.09. The van der Waals surface area contributed by atoms with Crippen LogP contribution >= 0.6 is 0 Å². The summed E-state index contributed by atoms with van der Waals surface area (Å²) in [4.78, 5) is 12.7. The van der Waals surface area contributed by atoms with Crippen LogP contribution in [0.1, 0.15) is 54.9 Å². The molecule has 1 heteroatoms. The van der Waals surface area contributed by atoms with E-state index >= 15 is 0 Å². The number of hydrogen-bond donors (Lipinski definition) is 0. The van der Waals surface area contributed by atoms with Crippen LogP contribution in [0, 0.1) is 16.7 Å². The Morgan fingerprint density at radius 2 is 1.79 bits per heavy atom. The predicted octanol–water partition coefficient (Wildman–Crippen LogP) is 4.90. The van der Waals surface area contributed by atoms with Gasteiger partial charge in [-0.3, -0.25) is 4.79 Å². The molecule has 0 heterocycles. The largest absolute Gasteiger partial charge is 0.299 e. The average molecular weight is 261 g/mol. The summed E-state index contributed by atoms with van der Waals surface area (Å²) in [5.41, 5.74) is 0.759. The highest BCUT2D eigenvalue weighted by Crippen LogP contribution is 2.32. The quantitative estimate of drug-likeness (QED) is 0.753. The molecule has 106 valence electrons. The van der Waals surface area contributed by atoms with Crippen molar-refractivity contribution in [1.82, 2.24) is 0 Å². The molecule has 0 saturated heterocycles. The minimum absolute atomic E-state index is 0.0125. The van der Waals surface area contributed by atoms with Crippen molar-refractivity contribution in [3.63, 3.8) is 0 Å². The number of hydrogen-bond acceptors (Lipinski definition) is 1. The van der Waals surface area contributed by atoms with E-state index in [4.69, 9.17) is 1.37 Å². The van der Waals surface area contributed by atoms with E-state index in [0.29, 0.717) is 18.2 Å². The molecule has 0 aliphatic carbocycles. The molecule has 19 heavy (non-hydrogen) atoms. The number of ketones is 1. The first-order valence-electron chi connectivity index (χ1n) is 7.59. The molecule has 1 aromatic rings. The summed E-state index contributed by atoms with van der Waals surface area (Å²) in [5, 5.41) is 0. The third kappa shape index (κ3) is 5.59. The van der Waals surface area contributed by atoms with Gasteiger partial charge in [0.1, 0.15) is 5.78 Å². The Morgan fingerprint density at radius 3 is 2.26 bits per heavy atom. The molecule has 0 amide bonds. The van der Waals surface area contributed by atoms with Crippen molar-refractivity contribution in [2.24, 2.45) is 16.7 Å². The Balaban J connectivity index is 3.00. The molecule has 1 rings (SSSR count). The summed E-state index contributed by atoms with van der Waals surface area (Å²) in [5.74, 6) is 0.289. The van der Waals surface area contributed by atoms with Gasteiger partial charge in [-0.15, -0.1) is 0 Å². The summed E-state index contributed by atoms with van der Waals surface area (Å²) < 4.78 is 7.98. The Kier molecular flexibility index (Phi) is 4.44. The Morgan fingerprint density at radius 1 is 1.16 bits per heavy atom. The lowest BCUT2D eigenvalue weighted by molar-refractivity contribution is -0.131. The number of rotatable bonds is 4. The zero-order valence-electron chi connectivity index (χ0n) is 14.2. The summed E-state index contributed by atoms with van der Waals surface area (Å²) in [7, 11) is 0. The molecule has 0 saturated carbocycles. The molecule has 0 fully saturated rings. The second-order valence-corrected chi connectivity index (χ2v) is 7.67. The fourth-order valence-electron chi connectivity index (χ4n) is 2.43. The van der Waals surface area contributed by atoms with Gasteiger partial charge in [0.25, 0.3) is 0 Å². The molecule has 0 spiro atoms. The molecule has 0 N–H and O–H groups in total. The van der Waals surface area contributed by atoms with Gasteiger partial charge in [0.15, 0.2) is 0 Å². The lowest BCUT2D eigenvalue weighted by atomic mass is 9.73. The van der Waals surface area contributed by atoms with E-state index in [1.807, 2.05) is 39.0 Å². The van der Waals surface area contributed by atoms with Crippen molar-refractivity contribution in [3.05, 3.63) is 35.9 Å². The van der Waals surface area contributed by atoms with Gasteiger partial charge in [0, 0.05) is 11.3 Å². The number of benzene rings is 1. The Labute approximate surface area is 119 Å². The van der Waals surface area contributed by atoms with Crippen LogP contribution in [0.3, 0.4) is 0 Å². The molecular formula is C18H28O. The highest BCUT2D eigenvalue weighted by atomic mass is 16.1. The zero-order chi connectivity index (χ0) is 15.6. The fourth-order valence-corrected chi connectivity index (χ4v) is 2.43. The molecule has 0 aliphatic rings. The van der Waals surface area contributed by atoms with Crippen LogP contribution in [0.2, 0.25) is 0 Å². The van der Waals surface area contributed by atoms with Gasteiger partial charge < -0.3 is 0 Å². The first-order chi connectivity index (χ1) is 9.00.